The van der Waals surface area contributed by atoms with Gasteiger partial charge in [0.2, 0.25) is 0 Å². The second-order valence-corrected chi connectivity index (χ2v) is 5.03. The van der Waals surface area contributed by atoms with Crippen molar-refractivity contribution in [2.24, 2.45) is 0 Å². The molecule has 0 aliphatic heterocycles. The Balaban J connectivity index is 2.46. The minimum atomic E-state index is -0.424. The zero-order valence-electron chi connectivity index (χ0n) is 13.6. The first-order valence-electron chi connectivity index (χ1n) is 6.91. The largest absolute Gasteiger partial charge is 0.465 e. The molecule has 23 heavy (non-hydrogen) atoms. The highest BCUT2D eigenvalue weighted by Gasteiger charge is 2.19. The molecule has 0 atom stereocenters. The first-order valence-corrected chi connectivity index (χ1v) is 6.91. The maximum Gasteiger partial charge on any atom is 0.339 e. The summed E-state index contributed by atoms with van der Waals surface area (Å²) in [6, 6.07) is 7.08. The summed E-state index contributed by atoms with van der Waals surface area (Å²) in [5.41, 5.74) is 10.6. The van der Waals surface area contributed by atoms with E-state index in [1.165, 1.54) is 13.4 Å². The van der Waals surface area contributed by atoms with Gasteiger partial charge in [-0.1, -0.05) is 12.1 Å². The predicted octanol–water partition coefficient (Wildman–Crippen LogP) is 1.50. The molecule has 122 valence electrons. The molecule has 2 aromatic rings. The number of esters is 1. The fraction of sp³-hybridized carbons (Fsp3) is 0.267. The summed E-state index contributed by atoms with van der Waals surface area (Å²) in [4.78, 5) is 22.0. The first kappa shape index (κ1) is 16.5. The number of methoxy groups -OCH3 is 1. The molecule has 0 aliphatic rings. The van der Waals surface area contributed by atoms with E-state index in [0.29, 0.717) is 28.6 Å². The molecular formula is C15H20N6O2. The molecule has 1 heterocycles. The number of nitrogen functional groups attached to an aromatic ring is 1. The lowest BCUT2D eigenvalue weighted by atomic mass is 10.1. The third kappa shape index (κ3) is 3.49. The van der Waals surface area contributed by atoms with E-state index in [1.807, 2.05) is 20.2 Å². The average molecular weight is 316 g/mol. The number of nitrogens with one attached hydrogen (secondary N) is 1. The average Bonchev–Trinajstić information content (AvgIpc) is 2.55. The lowest BCUT2D eigenvalue weighted by Gasteiger charge is -2.23. The third-order valence-electron chi connectivity index (χ3n) is 3.18. The number of nitrogens with two attached hydrogens (primary N) is 1. The van der Waals surface area contributed by atoms with Gasteiger partial charge in [-0.05, 0) is 12.1 Å². The van der Waals surface area contributed by atoms with E-state index in [-0.39, 0.29) is 0 Å². The third-order valence-corrected chi connectivity index (χ3v) is 3.18. The summed E-state index contributed by atoms with van der Waals surface area (Å²) < 4.78 is 4.82. The second kappa shape index (κ2) is 6.93. The quantitative estimate of drug-likeness (QED) is 0.633. The Labute approximate surface area is 134 Å². The Bertz CT molecular complexity index is 704. The zero-order chi connectivity index (χ0) is 17.0. The smallest absolute Gasteiger partial charge is 0.339 e. The molecule has 3 N–H and O–H groups in total. The molecule has 1 aromatic carbocycles. The number of carbonyl (C=O) groups excluding carboxylic acids is 1. The normalized spacial score (nSPS) is 10.5. The van der Waals surface area contributed by atoms with Crippen molar-refractivity contribution in [1.29, 1.82) is 0 Å². The number of hydrogen-bond acceptors (Lipinski definition) is 8. The number of hydrogen-bond donors (Lipinski definition) is 2. The van der Waals surface area contributed by atoms with E-state index in [2.05, 4.69) is 15.4 Å². The maximum atomic E-state index is 11.9. The Hall–Kier alpha value is -2.87. The van der Waals surface area contributed by atoms with Crippen molar-refractivity contribution < 1.29 is 9.53 Å². The number of hydrazine groups is 1. The molecule has 0 unspecified atom stereocenters. The lowest BCUT2D eigenvalue weighted by molar-refractivity contribution is 0.0601. The van der Waals surface area contributed by atoms with Crippen LogP contribution in [0.3, 0.4) is 0 Å². The van der Waals surface area contributed by atoms with Gasteiger partial charge in [0.1, 0.15) is 12.0 Å². The molecule has 0 bridgehead atoms. The van der Waals surface area contributed by atoms with E-state index < -0.39 is 5.97 Å². The van der Waals surface area contributed by atoms with Gasteiger partial charge in [0.25, 0.3) is 0 Å². The number of anilines is 4. The summed E-state index contributed by atoms with van der Waals surface area (Å²) in [6.45, 7) is 0. The summed E-state index contributed by atoms with van der Waals surface area (Å²) in [5, 5.41) is 1.73. The van der Waals surface area contributed by atoms with Crippen LogP contribution in [-0.4, -0.2) is 49.2 Å². The minimum absolute atomic E-state index is 0.378. The topological polar surface area (TPSA) is 96.6 Å². The van der Waals surface area contributed by atoms with Crippen LogP contribution in [-0.2, 0) is 4.74 Å². The van der Waals surface area contributed by atoms with Gasteiger partial charge in [-0.2, -0.15) is 0 Å². The van der Waals surface area contributed by atoms with Crippen molar-refractivity contribution in [3.05, 3.63) is 36.2 Å². The van der Waals surface area contributed by atoms with E-state index in [0.717, 1.165) is 0 Å². The molecule has 0 fully saturated rings. The summed E-state index contributed by atoms with van der Waals surface area (Å²) in [7, 11) is 6.78. The van der Waals surface area contributed by atoms with E-state index in [9.17, 15) is 4.79 Å². The summed E-state index contributed by atoms with van der Waals surface area (Å²) >= 11 is 0. The highest BCUT2D eigenvalue weighted by molar-refractivity contribution is 5.97. The SMILES string of the molecule is COC(=O)c1ccccc1N(C)c1ncnc(NN(C)C)c1N. The Kier molecular flexibility index (Phi) is 4.97. The van der Waals surface area contributed by atoms with Crippen LogP contribution in [0, 0.1) is 0 Å². The highest BCUT2D eigenvalue weighted by Crippen LogP contribution is 2.32. The number of benzene rings is 1. The second-order valence-electron chi connectivity index (χ2n) is 5.03. The first-order chi connectivity index (χ1) is 11.0. The molecule has 0 spiro atoms. The van der Waals surface area contributed by atoms with Crippen molar-refractivity contribution in [3.8, 4) is 0 Å². The molecule has 0 radical (unpaired) electrons. The Morgan fingerprint density at radius 1 is 1.22 bits per heavy atom. The lowest BCUT2D eigenvalue weighted by Crippen LogP contribution is -2.23. The van der Waals surface area contributed by atoms with Crippen LogP contribution < -0.4 is 16.1 Å². The van der Waals surface area contributed by atoms with Gasteiger partial charge in [0, 0.05) is 21.1 Å². The van der Waals surface area contributed by atoms with Gasteiger partial charge >= 0.3 is 5.97 Å². The van der Waals surface area contributed by atoms with Crippen molar-refractivity contribution >= 4 is 29.0 Å². The number of carbonyl (C=O) groups is 1. The molecule has 0 aliphatic carbocycles. The minimum Gasteiger partial charge on any atom is -0.465 e. The van der Waals surface area contributed by atoms with Gasteiger partial charge in [0.05, 0.1) is 18.4 Å². The number of para-hydroxylation sites is 1. The molecule has 2 rings (SSSR count). The van der Waals surface area contributed by atoms with Crippen LogP contribution in [0.4, 0.5) is 23.0 Å². The molecule has 0 saturated carbocycles. The fourth-order valence-corrected chi connectivity index (χ4v) is 2.12. The van der Waals surface area contributed by atoms with Gasteiger partial charge in [-0.15, -0.1) is 0 Å². The predicted molar refractivity (Wildman–Crippen MR) is 89.6 cm³/mol. The standard InChI is InChI=1S/C15H20N6O2/c1-20(2)19-13-12(16)14(18-9-17-13)21(3)11-8-6-5-7-10(11)15(22)23-4/h5-9H,16H2,1-4H3,(H,17,18,19). The van der Waals surface area contributed by atoms with Gasteiger partial charge in [-0.3, -0.25) is 0 Å². The van der Waals surface area contributed by atoms with E-state index in [1.54, 1.807) is 35.2 Å². The molecule has 0 amide bonds. The van der Waals surface area contributed by atoms with E-state index in [4.69, 9.17) is 10.5 Å². The van der Waals surface area contributed by atoms with Crippen molar-refractivity contribution in [2.75, 3.05) is 44.3 Å². The Morgan fingerprint density at radius 2 is 1.91 bits per heavy atom. The number of aromatic nitrogens is 2. The molecule has 0 saturated heterocycles. The molecular weight excluding hydrogens is 296 g/mol. The van der Waals surface area contributed by atoms with Gasteiger partial charge in [-0.25, -0.2) is 19.8 Å². The number of ether oxygens (including phenoxy) is 1. The highest BCUT2D eigenvalue weighted by atomic mass is 16.5. The van der Waals surface area contributed by atoms with Crippen molar-refractivity contribution in [3.63, 3.8) is 0 Å². The van der Waals surface area contributed by atoms with Crippen molar-refractivity contribution in [2.45, 2.75) is 0 Å². The number of nitrogens with zero attached hydrogens (tertiary/aromatic N) is 4. The summed E-state index contributed by atoms with van der Waals surface area (Å²) in [6.07, 6.45) is 1.41. The Morgan fingerprint density at radius 3 is 2.57 bits per heavy atom. The monoisotopic (exact) mass is 316 g/mol. The van der Waals surface area contributed by atoms with E-state index >= 15 is 0 Å². The van der Waals surface area contributed by atoms with Crippen molar-refractivity contribution in [1.82, 2.24) is 15.0 Å². The van der Waals surface area contributed by atoms with Gasteiger partial charge in [0.15, 0.2) is 11.6 Å². The zero-order valence-corrected chi connectivity index (χ0v) is 13.6. The molecule has 8 heteroatoms. The number of rotatable bonds is 5. The van der Waals surface area contributed by atoms with Gasteiger partial charge < -0.3 is 20.8 Å². The van der Waals surface area contributed by atoms with Crippen LogP contribution >= 0.6 is 0 Å². The molecule has 8 nitrogen and oxygen atoms in total. The van der Waals surface area contributed by atoms with Crippen LogP contribution in [0.25, 0.3) is 0 Å². The molecule has 1 aromatic heterocycles. The van der Waals surface area contributed by atoms with Crippen LogP contribution in [0.15, 0.2) is 30.6 Å². The summed E-state index contributed by atoms with van der Waals surface area (Å²) in [5.74, 6) is 0.551. The van der Waals surface area contributed by atoms with Crippen LogP contribution in [0.5, 0.6) is 0 Å². The van der Waals surface area contributed by atoms with Crippen LogP contribution in [0.1, 0.15) is 10.4 Å². The fourth-order valence-electron chi connectivity index (χ4n) is 2.12. The maximum absolute atomic E-state index is 11.9. The van der Waals surface area contributed by atoms with Crippen LogP contribution in [0.2, 0.25) is 0 Å².